The molecular weight excluding hydrogens is 416 g/mol. The second-order valence-corrected chi connectivity index (χ2v) is 6.55. The zero-order valence-electron chi connectivity index (χ0n) is 15.9. The molecule has 0 saturated carbocycles. The summed E-state index contributed by atoms with van der Waals surface area (Å²) in [5.74, 6) is 0.205. The predicted molar refractivity (Wildman–Crippen MR) is 110 cm³/mol. The Hall–Kier alpha value is -3.39. The fourth-order valence-corrected chi connectivity index (χ4v) is 2.77. The Morgan fingerprint density at radius 3 is 2.67 bits per heavy atom. The molecule has 1 amide bonds. The summed E-state index contributed by atoms with van der Waals surface area (Å²) in [6.45, 7) is -2.49. The number of carbonyl (C=O) groups is 1. The highest BCUT2D eigenvalue weighted by Gasteiger charge is 2.11. The van der Waals surface area contributed by atoms with Gasteiger partial charge < -0.3 is 14.8 Å². The summed E-state index contributed by atoms with van der Waals surface area (Å²) in [4.78, 5) is 12.3. The molecule has 3 rings (SSSR count). The van der Waals surface area contributed by atoms with Gasteiger partial charge in [0, 0.05) is 17.2 Å². The highest BCUT2D eigenvalue weighted by atomic mass is 35.5. The lowest BCUT2D eigenvalue weighted by Crippen LogP contribution is -2.13. The first-order valence-electron chi connectivity index (χ1n) is 8.83. The van der Waals surface area contributed by atoms with Crippen molar-refractivity contribution >= 4 is 29.4 Å². The molecule has 0 atom stereocenters. The van der Waals surface area contributed by atoms with Crippen molar-refractivity contribution in [3.63, 3.8) is 0 Å². The lowest BCUT2D eigenvalue weighted by atomic mass is 10.2. The van der Waals surface area contributed by atoms with Gasteiger partial charge in [-0.1, -0.05) is 29.8 Å². The SMILES string of the molecule is COc1cc(/C=C/C(=O)Nc2ccnn2Cc2ccc(Cl)cc2)ccc1OC(F)F. The van der Waals surface area contributed by atoms with Crippen LogP contribution in [-0.4, -0.2) is 29.4 Å². The molecule has 30 heavy (non-hydrogen) atoms. The van der Waals surface area contributed by atoms with Crippen LogP contribution in [0.3, 0.4) is 0 Å². The average molecular weight is 434 g/mol. The minimum Gasteiger partial charge on any atom is -0.493 e. The smallest absolute Gasteiger partial charge is 0.387 e. The third kappa shape index (κ3) is 5.81. The number of halogens is 3. The van der Waals surface area contributed by atoms with Crippen LogP contribution in [0.4, 0.5) is 14.6 Å². The molecule has 3 aromatic rings. The molecule has 1 heterocycles. The van der Waals surface area contributed by atoms with Gasteiger partial charge >= 0.3 is 6.61 Å². The van der Waals surface area contributed by atoms with Crippen LogP contribution in [0.25, 0.3) is 6.08 Å². The summed E-state index contributed by atoms with van der Waals surface area (Å²) in [7, 11) is 1.34. The zero-order valence-corrected chi connectivity index (χ0v) is 16.6. The van der Waals surface area contributed by atoms with Crippen LogP contribution < -0.4 is 14.8 Å². The third-order valence-electron chi connectivity index (χ3n) is 4.04. The van der Waals surface area contributed by atoms with Gasteiger partial charge in [0.05, 0.1) is 19.9 Å². The molecule has 0 saturated heterocycles. The van der Waals surface area contributed by atoms with E-state index in [1.807, 2.05) is 12.1 Å². The van der Waals surface area contributed by atoms with Crippen LogP contribution in [0.5, 0.6) is 11.5 Å². The standard InChI is InChI=1S/C21H18ClF2N3O3/c1-29-18-12-14(4-8-17(18)30-21(23)24)5-9-20(28)26-19-10-11-25-27(19)13-15-2-6-16(22)7-3-15/h2-12,21H,13H2,1H3,(H,26,28)/b9-5+. The van der Waals surface area contributed by atoms with Crippen LogP contribution in [0, 0.1) is 0 Å². The number of nitrogens with one attached hydrogen (secondary N) is 1. The Kier molecular flexibility index (Phi) is 7.03. The van der Waals surface area contributed by atoms with Crippen LogP contribution >= 0.6 is 11.6 Å². The first kappa shape index (κ1) is 21.3. The molecule has 156 valence electrons. The lowest BCUT2D eigenvalue weighted by molar-refractivity contribution is -0.111. The number of benzene rings is 2. The normalized spacial score (nSPS) is 11.1. The second kappa shape index (κ2) is 9.89. The van der Waals surface area contributed by atoms with Crippen LogP contribution in [0.1, 0.15) is 11.1 Å². The van der Waals surface area contributed by atoms with Gasteiger partial charge in [-0.2, -0.15) is 13.9 Å². The highest BCUT2D eigenvalue weighted by Crippen LogP contribution is 2.29. The number of hydrogen-bond acceptors (Lipinski definition) is 4. The van der Waals surface area contributed by atoms with Crippen molar-refractivity contribution in [3.8, 4) is 11.5 Å². The summed E-state index contributed by atoms with van der Waals surface area (Å²) in [6, 6.07) is 13.4. The van der Waals surface area contributed by atoms with E-state index in [1.165, 1.54) is 37.5 Å². The van der Waals surface area contributed by atoms with E-state index in [-0.39, 0.29) is 17.4 Å². The number of alkyl halides is 2. The van der Waals surface area contributed by atoms with Gasteiger partial charge in [-0.3, -0.25) is 4.79 Å². The molecule has 0 aliphatic rings. The van der Waals surface area contributed by atoms with Crippen LogP contribution in [0.15, 0.2) is 60.8 Å². The monoisotopic (exact) mass is 433 g/mol. The van der Waals surface area contributed by atoms with E-state index < -0.39 is 6.61 Å². The number of hydrogen-bond donors (Lipinski definition) is 1. The molecule has 1 aromatic heterocycles. The van der Waals surface area contributed by atoms with Gasteiger partial charge in [0.15, 0.2) is 11.5 Å². The minimum atomic E-state index is -2.95. The van der Waals surface area contributed by atoms with Crippen molar-refractivity contribution in [1.29, 1.82) is 0 Å². The maximum atomic E-state index is 12.4. The van der Waals surface area contributed by atoms with Crippen molar-refractivity contribution < 1.29 is 23.0 Å². The van der Waals surface area contributed by atoms with Gasteiger partial charge in [0.25, 0.3) is 0 Å². The highest BCUT2D eigenvalue weighted by molar-refractivity contribution is 6.30. The molecule has 9 heteroatoms. The number of methoxy groups -OCH3 is 1. The van der Waals surface area contributed by atoms with E-state index in [4.69, 9.17) is 16.3 Å². The third-order valence-corrected chi connectivity index (χ3v) is 4.30. The van der Waals surface area contributed by atoms with Crippen molar-refractivity contribution in [3.05, 3.63) is 77.0 Å². The predicted octanol–water partition coefficient (Wildman–Crippen LogP) is 4.85. The summed E-state index contributed by atoms with van der Waals surface area (Å²) in [5.41, 5.74) is 1.56. The maximum absolute atomic E-state index is 12.4. The molecule has 2 aromatic carbocycles. The number of carbonyl (C=O) groups excluding carboxylic acids is 1. The zero-order chi connectivity index (χ0) is 21.5. The fraction of sp³-hybridized carbons (Fsp3) is 0.143. The van der Waals surface area contributed by atoms with Crippen molar-refractivity contribution in [2.24, 2.45) is 0 Å². The van der Waals surface area contributed by atoms with E-state index in [2.05, 4.69) is 15.2 Å². The summed E-state index contributed by atoms with van der Waals surface area (Å²) >= 11 is 5.89. The molecule has 0 fully saturated rings. The van der Waals surface area contributed by atoms with Gasteiger partial charge in [-0.25, -0.2) is 4.68 Å². The van der Waals surface area contributed by atoms with E-state index in [9.17, 15) is 13.6 Å². The molecule has 0 aliphatic heterocycles. The Labute approximate surface area is 176 Å². The molecule has 1 N–H and O–H groups in total. The van der Waals surface area contributed by atoms with Crippen molar-refractivity contribution in [2.75, 3.05) is 12.4 Å². The minimum absolute atomic E-state index is 0.0831. The molecule has 0 unspecified atom stereocenters. The Morgan fingerprint density at radius 2 is 1.97 bits per heavy atom. The van der Waals surface area contributed by atoms with E-state index >= 15 is 0 Å². The van der Waals surface area contributed by atoms with E-state index in [0.29, 0.717) is 22.9 Å². The van der Waals surface area contributed by atoms with Gasteiger partial charge in [-0.15, -0.1) is 0 Å². The van der Waals surface area contributed by atoms with Gasteiger partial charge in [-0.05, 0) is 41.5 Å². The first-order valence-corrected chi connectivity index (χ1v) is 9.20. The fourth-order valence-electron chi connectivity index (χ4n) is 2.65. The van der Waals surface area contributed by atoms with E-state index in [0.717, 1.165) is 5.56 Å². The topological polar surface area (TPSA) is 65.4 Å². The average Bonchev–Trinajstić information content (AvgIpc) is 3.15. The molecule has 0 spiro atoms. The Balaban J connectivity index is 1.65. The van der Waals surface area contributed by atoms with Crippen LogP contribution in [-0.2, 0) is 11.3 Å². The van der Waals surface area contributed by atoms with Crippen molar-refractivity contribution in [1.82, 2.24) is 9.78 Å². The number of anilines is 1. The Bertz CT molecular complexity index is 1040. The number of ether oxygens (including phenoxy) is 2. The maximum Gasteiger partial charge on any atom is 0.387 e. The number of amides is 1. The summed E-state index contributed by atoms with van der Waals surface area (Å²) in [6.07, 6.45) is 4.44. The largest absolute Gasteiger partial charge is 0.493 e. The number of aromatic nitrogens is 2. The number of nitrogens with zero attached hydrogens (tertiary/aromatic N) is 2. The second-order valence-electron chi connectivity index (χ2n) is 6.11. The summed E-state index contributed by atoms with van der Waals surface area (Å²) in [5, 5.41) is 7.61. The van der Waals surface area contributed by atoms with Crippen LogP contribution in [0.2, 0.25) is 5.02 Å². The molecule has 6 nitrogen and oxygen atoms in total. The Morgan fingerprint density at radius 1 is 1.20 bits per heavy atom. The summed E-state index contributed by atoms with van der Waals surface area (Å²) < 4.78 is 35.9. The first-order chi connectivity index (χ1) is 14.4. The van der Waals surface area contributed by atoms with E-state index in [1.54, 1.807) is 29.1 Å². The molecular formula is C21H18ClF2N3O3. The van der Waals surface area contributed by atoms with Crippen molar-refractivity contribution in [2.45, 2.75) is 13.2 Å². The lowest BCUT2D eigenvalue weighted by Gasteiger charge is -2.10. The van der Waals surface area contributed by atoms with Gasteiger partial charge in [0.2, 0.25) is 5.91 Å². The molecule has 0 bridgehead atoms. The molecule has 0 aliphatic carbocycles. The van der Waals surface area contributed by atoms with Gasteiger partial charge in [0.1, 0.15) is 5.82 Å². The number of rotatable bonds is 8. The quantitative estimate of drug-likeness (QED) is 0.516. The molecule has 0 radical (unpaired) electrons.